The molecule has 2 nitrogen and oxygen atoms in total. The van der Waals surface area contributed by atoms with Gasteiger partial charge in [-0.15, -0.1) is 0 Å². The fourth-order valence-electron chi connectivity index (χ4n) is 1.99. The van der Waals surface area contributed by atoms with Crippen LogP contribution < -0.4 is 5.56 Å². The summed E-state index contributed by atoms with van der Waals surface area (Å²) in [5.41, 5.74) is 1.47. The highest BCUT2D eigenvalue weighted by atomic mass is 16.1. The lowest BCUT2D eigenvalue weighted by Gasteiger charge is -2.00. The van der Waals surface area contributed by atoms with E-state index in [-0.39, 0.29) is 5.56 Å². The zero-order valence-electron chi connectivity index (χ0n) is 8.55. The maximum absolute atomic E-state index is 11.8. The number of fused-ring (bicyclic) bond motifs is 3. The van der Waals surface area contributed by atoms with Crippen LogP contribution in [0.1, 0.15) is 0 Å². The van der Waals surface area contributed by atoms with Crippen LogP contribution >= 0.6 is 0 Å². The highest BCUT2D eigenvalue weighted by Gasteiger charge is 2.08. The van der Waals surface area contributed by atoms with Gasteiger partial charge in [-0.1, -0.05) is 42.5 Å². The average Bonchev–Trinajstić information content (AvgIpc) is 2.49. The molecule has 1 heterocycles. The summed E-state index contributed by atoms with van der Waals surface area (Å²) in [5.74, 6) is 0. The largest absolute Gasteiger partial charge is 0.278 e. The van der Waals surface area contributed by atoms with Gasteiger partial charge in [0, 0.05) is 6.20 Å². The van der Waals surface area contributed by atoms with Crippen molar-refractivity contribution in [1.82, 2.24) is 4.98 Å². The Morgan fingerprint density at radius 2 is 1.69 bits per heavy atom. The average molecular weight is 207 g/mol. The zero-order valence-corrected chi connectivity index (χ0v) is 8.55. The number of benzene rings is 1. The smallest absolute Gasteiger partial charge is 0.267 e. The maximum Gasteiger partial charge on any atom is 0.278 e. The Bertz CT molecular complexity index is 691. The predicted molar refractivity (Wildman–Crippen MR) is 64.6 cm³/mol. The molecule has 1 aromatic carbocycles. The first kappa shape index (κ1) is 9.04. The maximum atomic E-state index is 11.8. The van der Waals surface area contributed by atoms with Crippen molar-refractivity contribution < 1.29 is 0 Å². The molecule has 1 aromatic rings. The van der Waals surface area contributed by atoms with Gasteiger partial charge in [0.2, 0.25) is 0 Å². The molecule has 0 spiro atoms. The van der Waals surface area contributed by atoms with Crippen molar-refractivity contribution in [3.63, 3.8) is 0 Å². The topological polar surface area (TPSA) is 30.0 Å². The summed E-state index contributed by atoms with van der Waals surface area (Å²) in [4.78, 5) is 15.7. The van der Waals surface area contributed by atoms with Gasteiger partial charge in [0.15, 0.2) is 0 Å². The summed E-state index contributed by atoms with van der Waals surface area (Å²) in [7, 11) is 0. The highest BCUT2D eigenvalue weighted by Crippen LogP contribution is 2.24. The predicted octanol–water partition coefficient (Wildman–Crippen LogP) is 2.70. The van der Waals surface area contributed by atoms with Crippen LogP contribution in [0.3, 0.4) is 0 Å². The second kappa shape index (κ2) is 3.42. The van der Waals surface area contributed by atoms with E-state index in [9.17, 15) is 4.79 Å². The van der Waals surface area contributed by atoms with E-state index >= 15 is 0 Å². The molecule has 1 aliphatic heterocycles. The first-order chi connectivity index (χ1) is 7.86. The minimum Gasteiger partial charge on any atom is -0.267 e. The lowest BCUT2D eigenvalue weighted by Crippen LogP contribution is -2.07. The van der Waals surface area contributed by atoms with Crippen molar-refractivity contribution in [2.75, 3.05) is 0 Å². The van der Waals surface area contributed by atoms with E-state index < -0.39 is 0 Å². The van der Waals surface area contributed by atoms with Crippen molar-refractivity contribution in [2.24, 2.45) is 0 Å². The SMILES string of the molecule is O=c1nccc2cccc3ccccc3c1-2. The van der Waals surface area contributed by atoms with Crippen molar-refractivity contribution in [2.45, 2.75) is 0 Å². The summed E-state index contributed by atoms with van der Waals surface area (Å²) in [6.45, 7) is 0. The minimum absolute atomic E-state index is 0.162. The number of hydrogen-bond acceptors (Lipinski definition) is 2. The van der Waals surface area contributed by atoms with E-state index in [1.54, 1.807) is 6.20 Å². The van der Waals surface area contributed by atoms with E-state index in [4.69, 9.17) is 0 Å². The zero-order chi connectivity index (χ0) is 11.0. The van der Waals surface area contributed by atoms with Crippen LogP contribution in [-0.2, 0) is 0 Å². The fourth-order valence-corrected chi connectivity index (χ4v) is 1.99. The van der Waals surface area contributed by atoms with Gasteiger partial charge in [-0.3, -0.25) is 4.79 Å². The molecule has 0 saturated heterocycles. The minimum atomic E-state index is -0.162. The van der Waals surface area contributed by atoms with E-state index in [1.807, 2.05) is 48.5 Å². The Hall–Kier alpha value is -2.22. The second-order valence-electron chi connectivity index (χ2n) is 3.69. The third-order valence-electron chi connectivity index (χ3n) is 2.73. The van der Waals surface area contributed by atoms with E-state index in [1.165, 1.54) is 0 Å². The summed E-state index contributed by atoms with van der Waals surface area (Å²) >= 11 is 0. The number of pyridine rings is 1. The first-order valence-corrected chi connectivity index (χ1v) is 5.13. The number of rotatable bonds is 0. The first-order valence-electron chi connectivity index (χ1n) is 5.13. The Labute approximate surface area is 92.5 Å². The molecule has 0 aromatic heterocycles. The van der Waals surface area contributed by atoms with Crippen molar-refractivity contribution in [3.8, 4) is 11.1 Å². The molecule has 16 heavy (non-hydrogen) atoms. The van der Waals surface area contributed by atoms with Crippen molar-refractivity contribution in [1.29, 1.82) is 0 Å². The molecule has 0 radical (unpaired) electrons. The van der Waals surface area contributed by atoms with Crippen LogP contribution in [0, 0.1) is 0 Å². The summed E-state index contributed by atoms with van der Waals surface area (Å²) in [6.07, 6.45) is 1.56. The number of hydrogen-bond donors (Lipinski definition) is 0. The van der Waals surface area contributed by atoms with Gasteiger partial charge >= 0.3 is 0 Å². The number of nitrogens with zero attached hydrogens (tertiary/aromatic N) is 1. The quantitative estimate of drug-likeness (QED) is 0.567. The summed E-state index contributed by atoms with van der Waals surface area (Å²) < 4.78 is 0. The van der Waals surface area contributed by atoms with Gasteiger partial charge in [-0.25, -0.2) is 4.98 Å². The standard InChI is InChI=1S/C14H9NO/c16-14-13-11(8-9-15-14)6-3-5-10-4-1-2-7-12(10)13/h1-9H. The highest BCUT2D eigenvalue weighted by molar-refractivity contribution is 5.95. The van der Waals surface area contributed by atoms with Crippen LogP contribution in [0.5, 0.6) is 0 Å². The van der Waals surface area contributed by atoms with Crippen LogP contribution in [0.15, 0.2) is 59.5 Å². The second-order valence-corrected chi connectivity index (χ2v) is 3.69. The molecule has 0 saturated carbocycles. The van der Waals surface area contributed by atoms with Gasteiger partial charge in [0.05, 0.1) is 5.56 Å². The summed E-state index contributed by atoms with van der Waals surface area (Å²) in [5, 5.41) is 2.02. The van der Waals surface area contributed by atoms with Gasteiger partial charge in [0.1, 0.15) is 0 Å². The number of aromatic nitrogens is 1. The Balaban J connectivity index is 2.64. The molecule has 0 fully saturated rings. The molecule has 76 valence electrons. The lowest BCUT2D eigenvalue weighted by molar-refractivity contribution is 1.25. The van der Waals surface area contributed by atoms with Crippen LogP contribution in [0.25, 0.3) is 21.9 Å². The molecule has 0 N–H and O–H groups in total. The lowest BCUT2D eigenvalue weighted by atomic mass is 10.0. The Kier molecular flexibility index (Phi) is 1.93. The molecule has 0 atom stereocenters. The van der Waals surface area contributed by atoms with E-state index in [2.05, 4.69) is 4.98 Å². The van der Waals surface area contributed by atoms with Crippen LogP contribution in [-0.4, -0.2) is 4.98 Å². The van der Waals surface area contributed by atoms with Gasteiger partial charge in [-0.05, 0) is 22.4 Å². The fraction of sp³-hybridized carbons (Fsp3) is 0. The van der Waals surface area contributed by atoms with Crippen LogP contribution in [0.2, 0.25) is 0 Å². The molecular formula is C14H9NO. The molecular weight excluding hydrogens is 198 g/mol. The third-order valence-corrected chi connectivity index (χ3v) is 2.73. The monoisotopic (exact) mass is 207 g/mol. The van der Waals surface area contributed by atoms with Gasteiger partial charge in [0.25, 0.3) is 5.56 Å². The Morgan fingerprint density at radius 3 is 2.62 bits per heavy atom. The molecule has 0 unspecified atom stereocenters. The molecule has 0 amide bonds. The van der Waals surface area contributed by atoms with E-state index in [0.717, 1.165) is 16.3 Å². The molecule has 2 aliphatic rings. The Morgan fingerprint density at radius 1 is 0.875 bits per heavy atom. The molecule has 2 heteroatoms. The molecule has 1 aliphatic carbocycles. The van der Waals surface area contributed by atoms with Crippen molar-refractivity contribution >= 4 is 10.8 Å². The molecule has 0 bridgehead atoms. The van der Waals surface area contributed by atoms with E-state index in [0.29, 0.717) is 5.56 Å². The van der Waals surface area contributed by atoms with Gasteiger partial charge in [-0.2, -0.15) is 0 Å². The normalized spacial score (nSPS) is 10.8. The summed E-state index contributed by atoms with van der Waals surface area (Å²) in [6, 6.07) is 15.6. The molecule has 3 rings (SSSR count). The third kappa shape index (κ3) is 1.27. The van der Waals surface area contributed by atoms with Crippen molar-refractivity contribution in [3.05, 3.63) is 65.1 Å². The van der Waals surface area contributed by atoms with Gasteiger partial charge < -0.3 is 0 Å². The van der Waals surface area contributed by atoms with Crippen LogP contribution in [0.4, 0.5) is 0 Å².